The number of aliphatic hydroxyl groups is 1. The van der Waals surface area contributed by atoms with Gasteiger partial charge in [0.15, 0.2) is 0 Å². The number of likely N-dealkylation sites (tertiary alicyclic amines) is 1. The molecule has 14 heavy (non-hydrogen) atoms. The van der Waals surface area contributed by atoms with Crippen molar-refractivity contribution in [2.24, 2.45) is 5.92 Å². The normalized spacial score (nSPS) is 29.1. The number of nitrogens with zero attached hydrogens (tertiary/aromatic N) is 1. The zero-order chi connectivity index (χ0) is 10.2. The molecule has 0 amide bonds. The predicted molar refractivity (Wildman–Crippen MR) is 55.2 cm³/mol. The van der Waals surface area contributed by atoms with E-state index >= 15 is 0 Å². The van der Waals surface area contributed by atoms with Crippen LogP contribution in [0.2, 0.25) is 0 Å². The molecule has 1 N–H and O–H groups in total. The minimum absolute atomic E-state index is 0.409. The molecular formula is C11H21NO2. The van der Waals surface area contributed by atoms with E-state index in [1.54, 1.807) is 0 Å². The Balaban J connectivity index is 1.86. The third-order valence-electron chi connectivity index (χ3n) is 3.67. The van der Waals surface area contributed by atoms with Crippen LogP contribution >= 0.6 is 0 Å². The van der Waals surface area contributed by atoms with Crippen molar-refractivity contribution in [3.8, 4) is 0 Å². The Bertz CT molecular complexity index is 193. The minimum atomic E-state index is -0.409. The van der Waals surface area contributed by atoms with E-state index in [0.717, 1.165) is 39.1 Å². The minimum Gasteiger partial charge on any atom is -0.387 e. The Morgan fingerprint density at radius 1 is 1.29 bits per heavy atom. The molecule has 0 spiro atoms. The van der Waals surface area contributed by atoms with Crippen LogP contribution in [0.25, 0.3) is 0 Å². The van der Waals surface area contributed by atoms with Crippen LogP contribution in [0.1, 0.15) is 26.7 Å². The maximum absolute atomic E-state index is 10.4. The van der Waals surface area contributed by atoms with Gasteiger partial charge >= 0.3 is 0 Å². The second-order valence-electron chi connectivity index (χ2n) is 4.99. The zero-order valence-corrected chi connectivity index (χ0v) is 9.20. The maximum Gasteiger partial charge on any atom is 0.0930 e. The molecule has 2 aliphatic heterocycles. The number of rotatable bonds is 2. The summed E-state index contributed by atoms with van der Waals surface area (Å²) in [6.45, 7) is 7.74. The number of hydrogen-bond acceptors (Lipinski definition) is 3. The molecule has 0 aromatic carbocycles. The number of ether oxygens (including phenoxy) is 1. The summed E-state index contributed by atoms with van der Waals surface area (Å²) in [5.74, 6) is 0.464. The Morgan fingerprint density at radius 3 is 2.36 bits per heavy atom. The summed E-state index contributed by atoms with van der Waals surface area (Å²) < 4.78 is 5.31. The van der Waals surface area contributed by atoms with Gasteiger partial charge in [-0.05, 0) is 32.6 Å². The summed E-state index contributed by atoms with van der Waals surface area (Å²) in [4.78, 5) is 2.33. The molecule has 0 bridgehead atoms. The van der Waals surface area contributed by atoms with Crippen molar-refractivity contribution in [1.29, 1.82) is 0 Å². The standard InChI is InChI=1S/C11H21NO2/c1-9(2)12-7-11(13,8-12)10-3-5-14-6-4-10/h9-10,13H,3-8H2,1-2H3. The molecule has 0 atom stereocenters. The summed E-state index contributed by atoms with van der Waals surface area (Å²) in [6.07, 6.45) is 2.06. The van der Waals surface area contributed by atoms with E-state index in [2.05, 4.69) is 18.7 Å². The van der Waals surface area contributed by atoms with E-state index in [-0.39, 0.29) is 0 Å². The van der Waals surface area contributed by atoms with Crippen molar-refractivity contribution in [3.63, 3.8) is 0 Å². The van der Waals surface area contributed by atoms with Gasteiger partial charge in [0.1, 0.15) is 0 Å². The van der Waals surface area contributed by atoms with Gasteiger partial charge in [-0.2, -0.15) is 0 Å². The van der Waals surface area contributed by atoms with Crippen molar-refractivity contribution >= 4 is 0 Å². The summed E-state index contributed by atoms with van der Waals surface area (Å²) in [7, 11) is 0. The fraction of sp³-hybridized carbons (Fsp3) is 1.00. The van der Waals surface area contributed by atoms with Crippen molar-refractivity contribution < 1.29 is 9.84 Å². The van der Waals surface area contributed by atoms with Gasteiger partial charge in [-0.1, -0.05) is 0 Å². The van der Waals surface area contributed by atoms with Crippen molar-refractivity contribution in [1.82, 2.24) is 4.90 Å². The molecule has 0 unspecified atom stereocenters. The van der Waals surface area contributed by atoms with Gasteiger partial charge in [0.25, 0.3) is 0 Å². The molecule has 0 radical (unpaired) electrons. The third-order valence-corrected chi connectivity index (χ3v) is 3.67. The highest BCUT2D eigenvalue weighted by molar-refractivity contribution is 5.01. The molecule has 2 fully saturated rings. The Hall–Kier alpha value is -0.120. The average Bonchev–Trinajstić information content (AvgIpc) is 2.14. The topological polar surface area (TPSA) is 32.7 Å². The van der Waals surface area contributed by atoms with Gasteiger partial charge < -0.3 is 9.84 Å². The summed E-state index contributed by atoms with van der Waals surface area (Å²) in [5.41, 5.74) is -0.409. The lowest BCUT2D eigenvalue weighted by Gasteiger charge is -2.53. The average molecular weight is 199 g/mol. The number of β-amino-alcohol motifs (C(OH)–C–C–N with tert-alkyl or cyclic N) is 1. The van der Waals surface area contributed by atoms with Gasteiger partial charge in [0, 0.05) is 32.3 Å². The molecule has 3 heteroatoms. The zero-order valence-electron chi connectivity index (χ0n) is 9.20. The van der Waals surface area contributed by atoms with E-state index in [0.29, 0.717) is 12.0 Å². The maximum atomic E-state index is 10.4. The van der Waals surface area contributed by atoms with E-state index in [4.69, 9.17) is 4.74 Å². The van der Waals surface area contributed by atoms with Crippen molar-refractivity contribution in [2.75, 3.05) is 26.3 Å². The van der Waals surface area contributed by atoms with Crippen LogP contribution in [0.4, 0.5) is 0 Å². The lowest BCUT2D eigenvalue weighted by Crippen LogP contribution is -2.67. The molecule has 2 heterocycles. The number of hydrogen-bond donors (Lipinski definition) is 1. The lowest BCUT2D eigenvalue weighted by atomic mass is 9.76. The molecule has 0 aromatic rings. The highest BCUT2D eigenvalue weighted by atomic mass is 16.5. The fourth-order valence-electron chi connectivity index (χ4n) is 2.52. The molecular weight excluding hydrogens is 178 g/mol. The molecule has 0 aliphatic carbocycles. The predicted octanol–water partition coefficient (Wildman–Crippen LogP) is 0.868. The van der Waals surface area contributed by atoms with Crippen LogP contribution in [0.3, 0.4) is 0 Å². The molecule has 82 valence electrons. The van der Waals surface area contributed by atoms with Crippen LogP contribution in [0.5, 0.6) is 0 Å². The van der Waals surface area contributed by atoms with Crippen molar-refractivity contribution in [3.05, 3.63) is 0 Å². The Morgan fingerprint density at radius 2 is 1.86 bits per heavy atom. The Kier molecular flexibility index (Phi) is 2.82. The molecule has 0 aromatic heterocycles. The second kappa shape index (κ2) is 3.80. The second-order valence-corrected chi connectivity index (χ2v) is 4.99. The molecule has 2 aliphatic rings. The van der Waals surface area contributed by atoms with Gasteiger partial charge in [0.05, 0.1) is 5.60 Å². The van der Waals surface area contributed by atoms with Crippen LogP contribution < -0.4 is 0 Å². The monoisotopic (exact) mass is 199 g/mol. The van der Waals surface area contributed by atoms with Gasteiger partial charge in [0.2, 0.25) is 0 Å². The van der Waals surface area contributed by atoms with Gasteiger partial charge in [-0.25, -0.2) is 0 Å². The van der Waals surface area contributed by atoms with E-state index in [9.17, 15) is 5.11 Å². The fourth-order valence-corrected chi connectivity index (χ4v) is 2.52. The summed E-state index contributed by atoms with van der Waals surface area (Å²) in [6, 6.07) is 0.565. The molecule has 3 nitrogen and oxygen atoms in total. The molecule has 2 rings (SSSR count). The van der Waals surface area contributed by atoms with Gasteiger partial charge in [-0.3, -0.25) is 4.90 Å². The Labute approximate surface area is 86.0 Å². The first-order valence-corrected chi connectivity index (χ1v) is 5.66. The van der Waals surface area contributed by atoms with Gasteiger partial charge in [-0.15, -0.1) is 0 Å². The van der Waals surface area contributed by atoms with Crippen LogP contribution in [0.15, 0.2) is 0 Å². The van der Waals surface area contributed by atoms with Crippen LogP contribution in [-0.2, 0) is 4.74 Å². The van der Waals surface area contributed by atoms with E-state index in [1.807, 2.05) is 0 Å². The largest absolute Gasteiger partial charge is 0.387 e. The quantitative estimate of drug-likeness (QED) is 0.716. The first kappa shape index (κ1) is 10.4. The highest BCUT2D eigenvalue weighted by Crippen LogP contribution is 2.35. The highest BCUT2D eigenvalue weighted by Gasteiger charge is 2.47. The SMILES string of the molecule is CC(C)N1CC(O)(C2CCOCC2)C1. The third kappa shape index (κ3) is 1.81. The van der Waals surface area contributed by atoms with Crippen molar-refractivity contribution in [2.45, 2.75) is 38.3 Å². The van der Waals surface area contributed by atoms with E-state index < -0.39 is 5.60 Å². The van der Waals surface area contributed by atoms with Crippen LogP contribution in [0, 0.1) is 5.92 Å². The lowest BCUT2D eigenvalue weighted by molar-refractivity contribution is -0.163. The summed E-state index contributed by atoms with van der Waals surface area (Å²) >= 11 is 0. The molecule has 0 saturated carbocycles. The first-order valence-electron chi connectivity index (χ1n) is 5.66. The summed E-state index contributed by atoms with van der Waals surface area (Å²) in [5, 5.41) is 10.4. The smallest absolute Gasteiger partial charge is 0.0930 e. The van der Waals surface area contributed by atoms with Crippen LogP contribution in [-0.4, -0.2) is 48.0 Å². The van der Waals surface area contributed by atoms with E-state index in [1.165, 1.54) is 0 Å². The first-order chi connectivity index (χ1) is 6.62. The molecule has 2 saturated heterocycles.